The fraction of sp³-hybridized carbons (Fsp3) is 0.611. The molecule has 0 bridgehead atoms. The zero-order valence-corrected chi connectivity index (χ0v) is 14.3. The van der Waals surface area contributed by atoms with Crippen molar-refractivity contribution >= 4 is 11.6 Å². The second-order valence-electron chi connectivity index (χ2n) is 6.68. The highest BCUT2D eigenvalue weighted by molar-refractivity contribution is 5.79. The predicted octanol–water partition coefficient (Wildman–Crippen LogP) is 2.60. The highest BCUT2D eigenvalue weighted by Gasteiger charge is 2.22. The van der Waals surface area contributed by atoms with E-state index in [1.165, 1.54) is 0 Å². The van der Waals surface area contributed by atoms with Gasteiger partial charge in [0.1, 0.15) is 0 Å². The lowest BCUT2D eigenvalue weighted by Gasteiger charge is -2.37. The minimum absolute atomic E-state index is 0.243. The van der Waals surface area contributed by atoms with Gasteiger partial charge in [-0.05, 0) is 45.4 Å². The van der Waals surface area contributed by atoms with Crippen molar-refractivity contribution in [2.24, 2.45) is 0 Å². The van der Waals surface area contributed by atoms with Gasteiger partial charge in [0.15, 0.2) is 0 Å². The topological polar surface area (TPSA) is 35.6 Å². The molecule has 4 heteroatoms. The third kappa shape index (κ3) is 4.73. The normalized spacial score (nSPS) is 16.4. The number of hydrogen-bond acceptors (Lipinski definition) is 3. The van der Waals surface area contributed by atoms with Gasteiger partial charge in [0.25, 0.3) is 0 Å². The number of rotatable bonds is 5. The van der Waals surface area contributed by atoms with Crippen LogP contribution in [0.25, 0.3) is 0 Å². The minimum atomic E-state index is 0.243. The van der Waals surface area contributed by atoms with Crippen LogP contribution in [0.5, 0.6) is 0 Å². The smallest absolute Gasteiger partial charge is 0.227 e. The molecule has 1 heterocycles. The summed E-state index contributed by atoms with van der Waals surface area (Å²) >= 11 is 0. The van der Waals surface area contributed by atoms with Gasteiger partial charge in [0, 0.05) is 44.0 Å². The van der Waals surface area contributed by atoms with E-state index in [2.05, 4.69) is 50.0 Å². The van der Waals surface area contributed by atoms with Crippen molar-refractivity contribution in [1.29, 1.82) is 0 Å². The minimum Gasteiger partial charge on any atom is -0.383 e. The Morgan fingerprint density at radius 3 is 2.14 bits per heavy atom. The number of amides is 1. The van der Waals surface area contributed by atoms with E-state index >= 15 is 0 Å². The van der Waals surface area contributed by atoms with Crippen LogP contribution in [0.15, 0.2) is 24.3 Å². The summed E-state index contributed by atoms with van der Waals surface area (Å²) < 4.78 is 0. The Bertz CT molecular complexity index is 474. The first-order valence-electron chi connectivity index (χ1n) is 8.33. The van der Waals surface area contributed by atoms with Gasteiger partial charge in [-0.25, -0.2) is 0 Å². The molecule has 2 rings (SSSR count). The summed E-state index contributed by atoms with van der Waals surface area (Å²) in [6.45, 7) is 12.3. The highest BCUT2D eigenvalue weighted by Crippen LogP contribution is 2.13. The molecule has 22 heavy (non-hydrogen) atoms. The Morgan fingerprint density at radius 1 is 1.05 bits per heavy atom. The van der Waals surface area contributed by atoms with Crippen LogP contribution in [0.1, 0.15) is 33.3 Å². The first-order chi connectivity index (χ1) is 10.5. The van der Waals surface area contributed by atoms with Crippen LogP contribution in [0.4, 0.5) is 5.69 Å². The molecule has 1 aliphatic heterocycles. The van der Waals surface area contributed by atoms with E-state index in [0.29, 0.717) is 18.5 Å². The van der Waals surface area contributed by atoms with Gasteiger partial charge in [-0.2, -0.15) is 0 Å². The summed E-state index contributed by atoms with van der Waals surface area (Å²) in [7, 11) is 0. The average molecular weight is 303 g/mol. The number of carbonyl (C=O) groups excluding carboxylic acids is 1. The summed E-state index contributed by atoms with van der Waals surface area (Å²) in [6, 6.07) is 9.20. The molecule has 1 saturated heterocycles. The van der Waals surface area contributed by atoms with E-state index in [1.54, 1.807) is 0 Å². The van der Waals surface area contributed by atoms with Crippen LogP contribution < -0.4 is 5.32 Å². The molecule has 0 spiro atoms. The van der Waals surface area contributed by atoms with Crippen LogP contribution in [0.3, 0.4) is 0 Å². The number of nitrogens with zero attached hydrogens (tertiary/aromatic N) is 2. The van der Waals surface area contributed by atoms with E-state index < -0.39 is 0 Å². The molecule has 1 aromatic rings. The molecule has 1 amide bonds. The lowest BCUT2D eigenvalue weighted by molar-refractivity contribution is -0.132. The lowest BCUT2D eigenvalue weighted by Crippen LogP contribution is -2.51. The van der Waals surface area contributed by atoms with E-state index in [0.717, 1.165) is 37.4 Å². The van der Waals surface area contributed by atoms with Gasteiger partial charge < -0.3 is 10.2 Å². The number of carbonyl (C=O) groups is 1. The largest absolute Gasteiger partial charge is 0.383 e. The predicted molar refractivity (Wildman–Crippen MR) is 92.2 cm³/mol. The number of piperazine rings is 1. The molecule has 1 aliphatic rings. The molecule has 1 fully saturated rings. The molecule has 0 unspecified atom stereocenters. The Hall–Kier alpha value is -1.55. The Kier molecular flexibility index (Phi) is 5.83. The number of benzene rings is 1. The van der Waals surface area contributed by atoms with Crippen molar-refractivity contribution in [2.45, 2.75) is 46.2 Å². The van der Waals surface area contributed by atoms with Gasteiger partial charge in [0.2, 0.25) is 5.91 Å². The summed E-state index contributed by atoms with van der Waals surface area (Å²) in [4.78, 5) is 16.8. The third-order valence-corrected chi connectivity index (χ3v) is 4.16. The van der Waals surface area contributed by atoms with Gasteiger partial charge in [-0.3, -0.25) is 9.69 Å². The quantitative estimate of drug-likeness (QED) is 0.908. The second-order valence-corrected chi connectivity index (χ2v) is 6.68. The van der Waals surface area contributed by atoms with Crippen molar-refractivity contribution in [2.75, 3.05) is 31.5 Å². The van der Waals surface area contributed by atoms with Crippen LogP contribution in [0, 0.1) is 0 Å². The molecular weight excluding hydrogens is 274 g/mol. The maximum atomic E-state index is 12.4. The van der Waals surface area contributed by atoms with E-state index in [4.69, 9.17) is 0 Å². The lowest BCUT2D eigenvalue weighted by atomic mass is 10.1. The van der Waals surface area contributed by atoms with Crippen molar-refractivity contribution in [3.8, 4) is 0 Å². The molecule has 1 aromatic carbocycles. The molecule has 0 radical (unpaired) electrons. The van der Waals surface area contributed by atoms with Gasteiger partial charge in [-0.1, -0.05) is 12.1 Å². The van der Waals surface area contributed by atoms with Crippen LogP contribution >= 0.6 is 0 Å². The Labute approximate surface area is 134 Å². The first-order valence-corrected chi connectivity index (χ1v) is 8.33. The summed E-state index contributed by atoms with van der Waals surface area (Å²) in [6.07, 6.45) is 0.504. The maximum Gasteiger partial charge on any atom is 0.227 e. The summed E-state index contributed by atoms with van der Waals surface area (Å²) in [5, 5.41) is 3.36. The first kappa shape index (κ1) is 16.8. The number of nitrogens with one attached hydrogen (secondary N) is 1. The van der Waals surface area contributed by atoms with E-state index in [1.807, 2.05) is 17.0 Å². The van der Waals surface area contributed by atoms with Gasteiger partial charge >= 0.3 is 0 Å². The second kappa shape index (κ2) is 7.63. The van der Waals surface area contributed by atoms with E-state index in [9.17, 15) is 4.79 Å². The molecule has 0 saturated carbocycles. The van der Waals surface area contributed by atoms with Crippen molar-refractivity contribution in [1.82, 2.24) is 9.80 Å². The molecular formula is C18H29N3O. The Balaban J connectivity index is 1.84. The van der Waals surface area contributed by atoms with Gasteiger partial charge in [-0.15, -0.1) is 0 Å². The zero-order valence-electron chi connectivity index (χ0n) is 14.3. The summed E-state index contributed by atoms with van der Waals surface area (Å²) in [5.41, 5.74) is 2.20. The van der Waals surface area contributed by atoms with Crippen LogP contribution in [0.2, 0.25) is 0 Å². The van der Waals surface area contributed by atoms with E-state index in [-0.39, 0.29) is 5.91 Å². The zero-order chi connectivity index (χ0) is 16.1. The number of hydrogen-bond donors (Lipinski definition) is 1. The molecule has 0 aliphatic carbocycles. The summed E-state index contributed by atoms with van der Waals surface area (Å²) in [5.74, 6) is 0.243. The molecule has 0 aromatic heterocycles. The highest BCUT2D eigenvalue weighted by atomic mass is 16.2. The van der Waals surface area contributed by atoms with Crippen molar-refractivity contribution in [3.05, 3.63) is 29.8 Å². The Morgan fingerprint density at radius 2 is 1.64 bits per heavy atom. The fourth-order valence-electron chi connectivity index (χ4n) is 2.83. The standard InChI is InChI=1S/C18H29N3O/c1-14(2)19-17-7-5-16(6-8-17)13-18(22)21-11-9-20(10-12-21)15(3)4/h5-8,14-15,19H,9-13H2,1-4H3. The molecule has 4 nitrogen and oxygen atoms in total. The SMILES string of the molecule is CC(C)Nc1ccc(CC(=O)N2CCN(C(C)C)CC2)cc1. The molecule has 0 atom stereocenters. The van der Waals surface area contributed by atoms with Crippen molar-refractivity contribution in [3.63, 3.8) is 0 Å². The van der Waals surface area contributed by atoms with Crippen LogP contribution in [-0.2, 0) is 11.2 Å². The maximum absolute atomic E-state index is 12.4. The number of anilines is 1. The average Bonchev–Trinajstić information content (AvgIpc) is 2.49. The monoisotopic (exact) mass is 303 g/mol. The van der Waals surface area contributed by atoms with Crippen molar-refractivity contribution < 1.29 is 4.79 Å². The molecule has 122 valence electrons. The van der Waals surface area contributed by atoms with Gasteiger partial charge in [0.05, 0.1) is 6.42 Å². The molecule has 1 N–H and O–H groups in total. The van der Waals surface area contributed by atoms with Crippen LogP contribution in [-0.4, -0.2) is 54.0 Å². The third-order valence-electron chi connectivity index (χ3n) is 4.16. The fourth-order valence-corrected chi connectivity index (χ4v) is 2.83.